The molecule has 0 unspecified atom stereocenters. The second-order valence-electron chi connectivity index (χ2n) is 6.48. The van der Waals surface area contributed by atoms with Crippen LogP contribution in [0.15, 0.2) is 54.6 Å². The Balaban J connectivity index is 1.40. The van der Waals surface area contributed by atoms with Gasteiger partial charge in [0.2, 0.25) is 0 Å². The van der Waals surface area contributed by atoms with Crippen LogP contribution in [0.5, 0.6) is 0 Å². The van der Waals surface area contributed by atoms with E-state index >= 15 is 0 Å². The largest absolute Gasteiger partial charge is 0.339 e. The molecular formula is C20H19FN4O. The zero-order chi connectivity index (χ0) is 17.9. The maximum Gasteiger partial charge on any atom is 0.253 e. The number of amides is 1. The third-order valence-electron chi connectivity index (χ3n) is 4.79. The number of hydrogen-bond donors (Lipinski definition) is 1. The molecule has 0 atom stereocenters. The van der Waals surface area contributed by atoms with Crippen LogP contribution >= 0.6 is 0 Å². The molecule has 26 heavy (non-hydrogen) atoms. The van der Waals surface area contributed by atoms with Crippen molar-refractivity contribution in [1.29, 1.82) is 0 Å². The Morgan fingerprint density at radius 1 is 1.04 bits per heavy atom. The lowest BCUT2D eigenvalue weighted by molar-refractivity contribution is 0.0711. The molecule has 1 aromatic heterocycles. The van der Waals surface area contributed by atoms with Crippen LogP contribution < -0.4 is 0 Å². The number of aromatic nitrogens is 3. The number of rotatable bonds is 3. The maximum atomic E-state index is 13.0. The van der Waals surface area contributed by atoms with Crippen molar-refractivity contribution >= 4 is 5.91 Å². The summed E-state index contributed by atoms with van der Waals surface area (Å²) in [4.78, 5) is 19.0. The van der Waals surface area contributed by atoms with Gasteiger partial charge in [-0.1, -0.05) is 30.3 Å². The third-order valence-corrected chi connectivity index (χ3v) is 4.79. The smallest absolute Gasteiger partial charge is 0.253 e. The van der Waals surface area contributed by atoms with Crippen LogP contribution in [0.3, 0.4) is 0 Å². The van der Waals surface area contributed by atoms with Gasteiger partial charge < -0.3 is 4.90 Å². The zero-order valence-electron chi connectivity index (χ0n) is 14.2. The molecule has 0 spiro atoms. The minimum Gasteiger partial charge on any atom is -0.339 e. The second kappa shape index (κ2) is 7.07. The van der Waals surface area contributed by atoms with Crippen molar-refractivity contribution in [2.45, 2.75) is 18.8 Å². The Kier molecular flexibility index (Phi) is 4.48. The number of piperidine rings is 1. The average Bonchev–Trinajstić information content (AvgIpc) is 3.19. The summed E-state index contributed by atoms with van der Waals surface area (Å²) in [6.07, 6.45) is 1.66. The zero-order valence-corrected chi connectivity index (χ0v) is 14.2. The molecule has 132 valence electrons. The fourth-order valence-electron chi connectivity index (χ4n) is 3.30. The highest BCUT2D eigenvalue weighted by Crippen LogP contribution is 2.27. The fourth-order valence-corrected chi connectivity index (χ4v) is 3.30. The van der Waals surface area contributed by atoms with E-state index in [2.05, 4.69) is 15.2 Å². The van der Waals surface area contributed by atoms with Crippen LogP contribution in [0.1, 0.15) is 34.9 Å². The number of nitrogens with one attached hydrogen (secondary N) is 1. The first-order valence-corrected chi connectivity index (χ1v) is 8.73. The van der Waals surface area contributed by atoms with Crippen LogP contribution in [0.25, 0.3) is 11.4 Å². The van der Waals surface area contributed by atoms with Gasteiger partial charge in [-0.15, -0.1) is 0 Å². The topological polar surface area (TPSA) is 61.9 Å². The molecule has 1 aliphatic heterocycles. The Morgan fingerprint density at radius 3 is 2.42 bits per heavy atom. The van der Waals surface area contributed by atoms with Gasteiger partial charge >= 0.3 is 0 Å². The molecule has 0 saturated carbocycles. The molecule has 1 N–H and O–H groups in total. The Bertz CT molecular complexity index is 884. The number of carbonyl (C=O) groups excluding carboxylic acids is 1. The number of benzene rings is 2. The van der Waals surface area contributed by atoms with E-state index in [1.807, 2.05) is 35.2 Å². The van der Waals surface area contributed by atoms with Crippen LogP contribution in [0.2, 0.25) is 0 Å². The summed E-state index contributed by atoms with van der Waals surface area (Å²) in [6, 6.07) is 15.6. The van der Waals surface area contributed by atoms with E-state index in [1.54, 1.807) is 0 Å². The van der Waals surface area contributed by atoms with Crippen molar-refractivity contribution in [2.75, 3.05) is 13.1 Å². The minimum atomic E-state index is -0.334. The van der Waals surface area contributed by atoms with Crippen molar-refractivity contribution in [2.24, 2.45) is 0 Å². The molecule has 5 nitrogen and oxygen atoms in total. The van der Waals surface area contributed by atoms with Gasteiger partial charge in [-0.05, 0) is 37.1 Å². The van der Waals surface area contributed by atoms with Gasteiger partial charge in [-0.3, -0.25) is 9.89 Å². The van der Waals surface area contributed by atoms with Crippen LogP contribution in [0, 0.1) is 5.82 Å². The first-order chi connectivity index (χ1) is 12.7. The number of aromatic amines is 1. The molecule has 6 heteroatoms. The van der Waals surface area contributed by atoms with Crippen LogP contribution in [-0.2, 0) is 0 Å². The van der Waals surface area contributed by atoms with E-state index in [9.17, 15) is 9.18 Å². The van der Waals surface area contributed by atoms with Gasteiger partial charge in [-0.25, -0.2) is 9.37 Å². The van der Waals surface area contributed by atoms with Gasteiger partial charge in [0.1, 0.15) is 11.6 Å². The van der Waals surface area contributed by atoms with Gasteiger partial charge in [0, 0.05) is 30.1 Å². The highest BCUT2D eigenvalue weighted by molar-refractivity contribution is 5.94. The van der Waals surface area contributed by atoms with E-state index in [-0.39, 0.29) is 17.6 Å². The lowest BCUT2D eigenvalue weighted by atomic mass is 9.95. The number of carbonyl (C=O) groups is 1. The Morgan fingerprint density at radius 2 is 1.73 bits per heavy atom. The monoisotopic (exact) mass is 350 g/mol. The molecule has 0 radical (unpaired) electrons. The molecule has 2 aromatic carbocycles. The summed E-state index contributed by atoms with van der Waals surface area (Å²) in [5, 5.41) is 7.37. The van der Waals surface area contributed by atoms with Gasteiger partial charge in [0.25, 0.3) is 5.91 Å². The lowest BCUT2D eigenvalue weighted by Crippen LogP contribution is -2.38. The summed E-state index contributed by atoms with van der Waals surface area (Å²) in [5.74, 6) is 1.45. The van der Waals surface area contributed by atoms with Crippen molar-refractivity contribution in [3.05, 3.63) is 71.8 Å². The number of nitrogens with zero attached hydrogens (tertiary/aromatic N) is 3. The van der Waals surface area contributed by atoms with E-state index in [0.717, 1.165) is 24.2 Å². The molecule has 3 aromatic rings. The molecule has 1 saturated heterocycles. The van der Waals surface area contributed by atoms with E-state index in [4.69, 9.17) is 0 Å². The summed E-state index contributed by atoms with van der Waals surface area (Å²) in [5.41, 5.74) is 1.51. The highest BCUT2D eigenvalue weighted by atomic mass is 19.1. The average molecular weight is 350 g/mol. The second-order valence-corrected chi connectivity index (χ2v) is 6.48. The summed E-state index contributed by atoms with van der Waals surface area (Å²) >= 11 is 0. The Labute approximate surface area is 150 Å². The minimum absolute atomic E-state index is 0.0500. The number of hydrogen-bond acceptors (Lipinski definition) is 3. The van der Waals surface area contributed by atoms with Crippen molar-refractivity contribution < 1.29 is 9.18 Å². The number of likely N-dealkylation sites (tertiary alicyclic amines) is 1. The SMILES string of the molecule is O=C(c1ccc(F)cc1)N1CCC(c2nc(-c3ccccc3)n[nH]2)CC1. The normalized spacial score (nSPS) is 15.2. The molecule has 0 bridgehead atoms. The summed E-state index contributed by atoms with van der Waals surface area (Å²) in [6.45, 7) is 1.31. The van der Waals surface area contributed by atoms with Crippen molar-refractivity contribution in [1.82, 2.24) is 20.1 Å². The van der Waals surface area contributed by atoms with E-state index in [1.165, 1.54) is 24.3 Å². The van der Waals surface area contributed by atoms with Crippen LogP contribution in [0.4, 0.5) is 4.39 Å². The van der Waals surface area contributed by atoms with E-state index in [0.29, 0.717) is 24.5 Å². The molecule has 1 amide bonds. The first-order valence-electron chi connectivity index (χ1n) is 8.73. The van der Waals surface area contributed by atoms with E-state index < -0.39 is 0 Å². The standard InChI is InChI=1S/C20H19FN4O/c21-17-8-6-16(7-9-17)20(26)25-12-10-15(11-13-25)19-22-18(23-24-19)14-4-2-1-3-5-14/h1-9,15H,10-13H2,(H,22,23,24). The summed E-state index contributed by atoms with van der Waals surface area (Å²) < 4.78 is 13.0. The Hall–Kier alpha value is -3.02. The van der Waals surface area contributed by atoms with Crippen molar-refractivity contribution in [3.63, 3.8) is 0 Å². The first kappa shape index (κ1) is 16.4. The molecule has 2 heterocycles. The fraction of sp³-hybridized carbons (Fsp3) is 0.250. The molecular weight excluding hydrogens is 331 g/mol. The molecule has 1 fully saturated rings. The maximum absolute atomic E-state index is 13.0. The number of halogens is 1. The number of H-pyrrole nitrogens is 1. The predicted octanol–water partition coefficient (Wildman–Crippen LogP) is 3.63. The van der Waals surface area contributed by atoms with Gasteiger partial charge in [-0.2, -0.15) is 5.10 Å². The quantitative estimate of drug-likeness (QED) is 0.785. The molecule has 0 aliphatic carbocycles. The van der Waals surface area contributed by atoms with Crippen molar-refractivity contribution in [3.8, 4) is 11.4 Å². The third kappa shape index (κ3) is 3.35. The summed E-state index contributed by atoms with van der Waals surface area (Å²) in [7, 11) is 0. The lowest BCUT2D eigenvalue weighted by Gasteiger charge is -2.31. The predicted molar refractivity (Wildman–Crippen MR) is 96.1 cm³/mol. The highest BCUT2D eigenvalue weighted by Gasteiger charge is 2.26. The van der Waals surface area contributed by atoms with Gasteiger partial charge in [0.15, 0.2) is 5.82 Å². The van der Waals surface area contributed by atoms with Crippen LogP contribution in [-0.4, -0.2) is 39.1 Å². The van der Waals surface area contributed by atoms with Gasteiger partial charge in [0.05, 0.1) is 0 Å². The molecule has 1 aliphatic rings. The molecule has 4 rings (SSSR count).